The number of nitrogens with zero attached hydrogens (tertiary/aromatic N) is 2. The average molecular weight is 474 g/mol. The number of hydrogen-bond donors (Lipinski definition) is 3. The fraction of sp³-hybridized carbons (Fsp3) is 0.300. The van der Waals surface area contributed by atoms with E-state index in [2.05, 4.69) is 4.98 Å². The molecule has 3 aromatic rings. The molecule has 1 aromatic carbocycles. The van der Waals surface area contributed by atoms with Crippen LogP contribution in [0.2, 0.25) is 15.1 Å². The van der Waals surface area contributed by atoms with Crippen molar-refractivity contribution in [3.8, 4) is 11.6 Å². The maximum absolute atomic E-state index is 12.8. The highest BCUT2D eigenvalue weighted by atomic mass is 35.5. The fourth-order valence-corrected chi connectivity index (χ4v) is 3.67. The Hall–Kier alpha value is -1.87. The lowest BCUT2D eigenvalue weighted by Gasteiger charge is -2.24. The van der Waals surface area contributed by atoms with E-state index in [0.29, 0.717) is 5.69 Å². The van der Waals surface area contributed by atoms with Crippen LogP contribution in [0.25, 0.3) is 16.6 Å². The van der Waals surface area contributed by atoms with Gasteiger partial charge in [-0.05, 0) is 26.0 Å². The molecule has 160 valence electrons. The Bertz CT molecular complexity index is 1140. The Morgan fingerprint density at radius 3 is 2.40 bits per heavy atom. The number of aromatic nitrogens is 2. The first kappa shape index (κ1) is 22.8. The second-order valence-corrected chi connectivity index (χ2v) is 8.40. The highest BCUT2D eigenvalue weighted by Crippen LogP contribution is 2.36. The molecule has 10 heteroatoms. The van der Waals surface area contributed by atoms with Gasteiger partial charge in [0.25, 0.3) is 0 Å². The van der Waals surface area contributed by atoms with E-state index in [0.717, 1.165) is 0 Å². The molecule has 3 rings (SSSR count). The third-order valence-electron chi connectivity index (χ3n) is 4.54. The topological polar surface area (TPSA) is 105 Å². The Morgan fingerprint density at radius 2 is 1.83 bits per heavy atom. The number of benzene rings is 1. The van der Waals surface area contributed by atoms with Gasteiger partial charge in [-0.2, -0.15) is 0 Å². The lowest BCUT2D eigenvalue weighted by molar-refractivity contribution is -0.0665. The molecule has 0 fully saturated rings. The van der Waals surface area contributed by atoms with Crippen molar-refractivity contribution in [3.05, 3.63) is 61.4 Å². The number of para-hydroxylation sites is 1. The van der Waals surface area contributed by atoms with E-state index in [1.807, 2.05) is 0 Å². The number of fused-ring (bicyclic) bond motifs is 1. The Balaban J connectivity index is 2.31. The predicted molar refractivity (Wildman–Crippen MR) is 116 cm³/mol. The summed E-state index contributed by atoms with van der Waals surface area (Å²) in [4.78, 5) is 16.9. The zero-order valence-corrected chi connectivity index (χ0v) is 18.3. The van der Waals surface area contributed by atoms with Crippen molar-refractivity contribution >= 4 is 45.7 Å². The van der Waals surface area contributed by atoms with E-state index in [4.69, 9.17) is 39.5 Å². The maximum Gasteiger partial charge on any atom is 0.227 e. The van der Waals surface area contributed by atoms with Gasteiger partial charge >= 0.3 is 0 Å². The molecule has 3 N–H and O–H groups in total. The van der Waals surface area contributed by atoms with Gasteiger partial charge in [0, 0.05) is 6.07 Å². The normalized spacial score (nSPS) is 12.9. The number of ether oxygens (including phenoxy) is 1. The molecule has 30 heavy (non-hydrogen) atoms. The van der Waals surface area contributed by atoms with E-state index in [-0.39, 0.29) is 44.2 Å². The molecule has 1 unspecified atom stereocenters. The lowest BCUT2D eigenvalue weighted by atomic mass is 10.0. The van der Waals surface area contributed by atoms with Crippen molar-refractivity contribution in [1.29, 1.82) is 0 Å². The summed E-state index contributed by atoms with van der Waals surface area (Å²) in [5.74, 6) is -0.0934. The molecule has 0 amide bonds. The van der Waals surface area contributed by atoms with Crippen LogP contribution in [0.3, 0.4) is 0 Å². The van der Waals surface area contributed by atoms with Crippen molar-refractivity contribution in [2.24, 2.45) is 0 Å². The first-order valence-corrected chi connectivity index (χ1v) is 10.0. The van der Waals surface area contributed by atoms with Gasteiger partial charge in [-0.3, -0.25) is 4.79 Å². The first-order valence-electron chi connectivity index (χ1n) is 8.88. The van der Waals surface area contributed by atoms with Crippen molar-refractivity contribution in [2.45, 2.75) is 32.2 Å². The molecule has 0 aliphatic rings. The minimum Gasteiger partial charge on any atom is -0.474 e. The molecule has 0 radical (unpaired) electrons. The molecular weight excluding hydrogens is 455 g/mol. The van der Waals surface area contributed by atoms with Crippen molar-refractivity contribution < 1.29 is 20.1 Å². The van der Waals surface area contributed by atoms with Crippen LogP contribution >= 0.6 is 34.8 Å². The molecule has 0 aliphatic heterocycles. The Morgan fingerprint density at radius 1 is 1.20 bits per heavy atom. The molecule has 0 aliphatic carbocycles. The molecule has 1 atom stereocenters. The number of aliphatic hydroxyl groups is 3. The summed E-state index contributed by atoms with van der Waals surface area (Å²) in [6, 6.07) is 6.09. The summed E-state index contributed by atoms with van der Waals surface area (Å²) in [6.07, 6.45) is 0.0411. The third-order valence-corrected chi connectivity index (χ3v) is 5.43. The highest BCUT2D eigenvalue weighted by Gasteiger charge is 2.26. The van der Waals surface area contributed by atoms with Crippen LogP contribution in [0.1, 0.15) is 19.5 Å². The summed E-state index contributed by atoms with van der Waals surface area (Å²) in [7, 11) is 0. The first-order chi connectivity index (χ1) is 14.1. The van der Waals surface area contributed by atoms with E-state index < -0.39 is 23.7 Å². The fourth-order valence-electron chi connectivity index (χ4n) is 2.88. The smallest absolute Gasteiger partial charge is 0.227 e. The summed E-state index contributed by atoms with van der Waals surface area (Å²) < 4.78 is 7.02. The maximum atomic E-state index is 12.8. The second-order valence-electron chi connectivity index (χ2n) is 7.18. The zero-order valence-electron chi connectivity index (χ0n) is 16.1. The minimum absolute atomic E-state index is 0.0126. The SMILES string of the molecule is CC(C)(O)C(O)COc1ncc(Cl)c2c1c(=O)cc(CO)n2-c1c(Cl)cccc1Cl. The summed E-state index contributed by atoms with van der Waals surface area (Å²) >= 11 is 19.1. The average Bonchev–Trinajstić information content (AvgIpc) is 2.67. The van der Waals surface area contributed by atoms with Gasteiger partial charge in [0.2, 0.25) is 5.88 Å². The number of halogens is 3. The number of aliphatic hydroxyl groups excluding tert-OH is 2. The number of rotatable bonds is 6. The van der Waals surface area contributed by atoms with Crippen LogP contribution in [-0.2, 0) is 6.61 Å². The van der Waals surface area contributed by atoms with Gasteiger partial charge < -0.3 is 24.6 Å². The predicted octanol–water partition coefficient (Wildman–Crippen LogP) is 3.35. The third kappa shape index (κ3) is 4.27. The number of hydrogen-bond acceptors (Lipinski definition) is 6. The standard InChI is InChI=1S/C20H19Cl3N2O5/c1-20(2,29)15(28)9-30-19-16-14(27)6-10(8-26)25(18(16)13(23)7-24-19)17-11(21)4-3-5-12(17)22/h3-7,15,26,28-29H,8-9H2,1-2H3. The molecule has 0 spiro atoms. The molecule has 2 aromatic heterocycles. The van der Waals surface area contributed by atoms with Gasteiger partial charge in [0.1, 0.15) is 18.1 Å². The van der Waals surface area contributed by atoms with E-state index in [9.17, 15) is 20.1 Å². The summed E-state index contributed by atoms with van der Waals surface area (Å²) in [6.45, 7) is 2.04. The van der Waals surface area contributed by atoms with Crippen LogP contribution in [0.5, 0.6) is 5.88 Å². The van der Waals surface area contributed by atoms with Gasteiger partial charge in [-0.25, -0.2) is 4.98 Å². The minimum atomic E-state index is -1.42. The van der Waals surface area contributed by atoms with Crippen molar-refractivity contribution in [2.75, 3.05) is 6.61 Å². The number of pyridine rings is 2. The molecule has 0 saturated carbocycles. The van der Waals surface area contributed by atoms with Gasteiger partial charge in [0.15, 0.2) is 5.43 Å². The Labute approximate surface area is 187 Å². The molecule has 2 heterocycles. The molecule has 0 saturated heterocycles. The molecule has 7 nitrogen and oxygen atoms in total. The second kappa shape index (κ2) is 8.70. The van der Waals surface area contributed by atoms with Crippen molar-refractivity contribution in [1.82, 2.24) is 9.55 Å². The lowest BCUT2D eigenvalue weighted by Crippen LogP contribution is -2.40. The molecule has 0 bridgehead atoms. The van der Waals surface area contributed by atoms with E-state index in [1.165, 1.54) is 30.7 Å². The van der Waals surface area contributed by atoms with Crippen LogP contribution in [0.4, 0.5) is 0 Å². The van der Waals surface area contributed by atoms with Crippen LogP contribution in [0.15, 0.2) is 35.3 Å². The van der Waals surface area contributed by atoms with E-state index >= 15 is 0 Å². The Kier molecular flexibility index (Phi) is 6.62. The largest absolute Gasteiger partial charge is 0.474 e. The van der Waals surface area contributed by atoms with Crippen LogP contribution in [0, 0.1) is 0 Å². The zero-order chi connectivity index (χ0) is 22.2. The summed E-state index contributed by atoms with van der Waals surface area (Å²) in [5, 5.41) is 30.5. The quantitative estimate of drug-likeness (QED) is 0.507. The monoisotopic (exact) mass is 472 g/mol. The van der Waals surface area contributed by atoms with Crippen LogP contribution in [-0.4, -0.2) is 43.2 Å². The highest BCUT2D eigenvalue weighted by molar-refractivity contribution is 6.38. The van der Waals surface area contributed by atoms with Crippen LogP contribution < -0.4 is 10.2 Å². The summed E-state index contributed by atoms with van der Waals surface area (Å²) in [5.41, 5.74) is -1.21. The van der Waals surface area contributed by atoms with E-state index in [1.54, 1.807) is 18.2 Å². The molecular formula is C20H19Cl3N2O5. The van der Waals surface area contributed by atoms with Gasteiger partial charge in [-0.1, -0.05) is 40.9 Å². The van der Waals surface area contributed by atoms with Gasteiger partial charge in [0.05, 0.1) is 50.4 Å². The van der Waals surface area contributed by atoms with Gasteiger partial charge in [-0.15, -0.1) is 0 Å². The van der Waals surface area contributed by atoms with Crippen molar-refractivity contribution in [3.63, 3.8) is 0 Å².